The molecule has 0 fully saturated rings. The van der Waals surface area contributed by atoms with E-state index >= 15 is 0 Å². The first-order valence-electron chi connectivity index (χ1n) is 6.75. The van der Waals surface area contributed by atoms with Gasteiger partial charge in [-0.25, -0.2) is 4.68 Å². The first kappa shape index (κ1) is 15.4. The zero-order chi connectivity index (χ0) is 15.4. The summed E-state index contributed by atoms with van der Waals surface area (Å²) in [5.74, 6) is -0.210. The molecule has 21 heavy (non-hydrogen) atoms. The van der Waals surface area contributed by atoms with E-state index in [9.17, 15) is 4.79 Å². The minimum atomic E-state index is -0.810. The zero-order valence-electron chi connectivity index (χ0n) is 12.0. The highest BCUT2D eigenvalue weighted by Crippen LogP contribution is 2.25. The van der Waals surface area contributed by atoms with Crippen molar-refractivity contribution in [2.45, 2.75) is 33.2 Å². The Morgan fingerprint density at radius 2 is 2.24 bits per heavy atom. The zero-order valence-corrected chi connectivity index (χ0v) is 12.7. The van der Waals surface area contributed by atoms with E-state index in [1.54, 1.807) is 4.68 Å². The van der Waals surface area contributed by atoms with Gasteiger partial charge in [0.05, 0.1) is 0 Å². The number of hydrogen-bond acceptors (Lipinski definition) is 4. The summed E-state index contributed by atoms with van der Waals surface area (Å²) >= 11 is 6.03. The Kier molecular flexibility index (Phi) is 4.90. The fourth-order valence-electron chi connectivity index (χ4n) is 2.19. The molecule has 1 aromatic heterocycles. The second kappa shape index (κ2) is 6.67. The summed E-state index contributed by atoms with van der Waals surface area (Å²) in [6.07, 6.45) is 0.852. The van der Waals surface area contributed by atoms with Crippen molar-refractivity contribution in [1.82, 2.24) is 20.2 Å². The van der Waals surface area contributed by atoms with E-state index in [1.807, 2.05) is 32.0 Å². The summed E-state index contributed by atoms with van der Waals surface area (Å²) in [7, 11) is 0. The van der Waals surface area contributed by atoms with Gasteiger partial charge in [-0.3, -0.25) is 4.79 Å². The predicted octanol–water partition coefficient (Wildman–Crippen LogP) is 2.80. The number of carbonyl (C=O) groups is 1. The van der Waals surface area contributed by atoms with Gasteiger partial charge in [0.15, 0.2) is 5.82 Å². The van der Waals surface area contributed by atoms with Crippen LogP contribution in [0.25, 0.3) is 11.4 Å². The number of aryl methyl sites for hydroxylation is 1. The second-order valence-electron chi connectivity index (χ2n) is 5.02. The van der Waals surface area contributed by atoms with Crippen LogP contribution in [-0.2, 0) is 11.3 Å². The summed E-state index contributed by atoms with van der Waals surface area (Å²) in [6.45, 7) is 4.39. The van der Waals surface area contributed by atoms with Gasteiger partial charge in [-0.1, -0.05) is 31.0 Å². The second-order valence-corrected chi connectivity index (χ2v) is 5.45. The molecule has 2 rings (SSSR count). The standard InChI is InChI=1S/C14H17ClN4O2/c1-3-10(6-13(20)21)8-19-14(16-17-18-19)12-7-11(15)5-4-9(12)2/h4-5,7,10H,3,6,8H2,1-2H3,(H,20,21). The third kappa shape index (κ3) is 3.78. The Morgan fingerprint density at radius 1 is 1.48 bits per heavy atom. The summed E-state index contributed by atoms with van der Waals surface area (Å²) in [4.78, 5) is 10.9. The molecule has 6 nitrogen and oxygen atoms in total. The number of hydrogen-bond donors (Lipinski definition) is 1. The minimum Gasteiger partial charge on any atom is -0.481 e. The normalized spacial score (nSPS) is 12.3. The van der Waals surface area contributed by atoms with Crippen molar-refractivity contribution in [3.8, 4) is 11.4 Å². The molecule has 0 radical (unpaired) electrons. The minimum absolute atomic E-state index is 0.00996. The van der Waals surface area contributed by atoms with E-state index in [2.05, 4.69) is 15.5 Å². The number of rotatable bonds is 6. The molecule has 1 atom stereocenters. The molecule has 0 bridgehead atoms. The van der Waals surface area contributed by atoms with Crippen molar-refractivity contribution in [3.63, 3.8) is 0 Å². The fraction of sp³-hybridized carbons (Fsp3) is 0.429. The number of tetrazole rings is 1. The summed E-state index contributed by atoms with van der Waals surface area (Å²) in [6, 6.07) is 5.54. The molecule has 0 aliphatic rings. The number of carboxylic acid groups (broad SMARTS) is 1. The highest BCUT2D eigenvalue weighted by Gasteiger charge is 2.17. The predicted molar refractivity (Wildman–Crippen MR) is 79.0 cm³/mol. The number of aliphatic carboxylic acids is 1. The largest absolute Gasteiger partial charge is 0.481 e. The third-order valence-electron chi connectivity index (χ3n) is 3.44. The van der Waals surface area contributed by atoms with E-state index in [4.69, 9.17) is 16.7 Å². The highest BCUT2D eigenvalue weighted by molar-refractivity contribution is 6.30. The van der Waals surface area contributed by atoms with E-state index in [1.165, 1.54) is 0 Å². The number of aromatic nitrogens is 4. The first-order chi connectivity index (χ1) is 10.0. The lowest BCUT2D eigenvalue weighted by atomic mass is 10.0. The first-order valence-corrected chi connectivity index (χ1v) is 7.13. The topological polar surface area (TPSA) is 80.9 Å². The molecule has 0 saturated carbocycles. The molecular weight excluding hydrogens is 292 g/mol. The van der Waals surface area contributed by atoms with Gasteiger partial charge in [0, 0.05) is 23.6 Å². The summed E-state index contributed by atoms with van der Waals surface area (Å²) < 4.78 is 1.65. The van der Waals surface area contributed by atoms with Gasteiger partial charge in [0.1, 0.15) is 0 Å². The van der Waals surface area contributed by atoms with E-state index in [-0.39, 0.29) is 12.3 Å². The van der Waals surface area contributed by atoms with E-state index < -0.39 is 5.97 Å². The molecule has 0 aliphatic carbocycles. The lowest BCUT2D eigenvalue weighted by molar-refractivity contribution is -0.138. The van der Waals surface area contributed by atoms with Crippen LogP contribution in [-0.4, -0.2) is 31.3 Å². The van der Waals surface area contributed by atoms with Crippen molar-refractivity contribution in [2.75, 3.05) is 0 Å². The van der Waals surface area contributed by atoms with Crippen molar-refractivity contribution in [3.05, 3.63) is 28.8 Å². The number of benzene rings is 1. The van der Waals surface area contributed by atoms with Crippen LogP contribution >= 0.6 is 11.6 Å². The lowest BCUT2D eigenvalue weighted by Gasteiger charge is -2.13. The van der Waals surface area contributed by atoms with Gasteiger partial charge in [-0.15, -0.1) is 5.10 Å². The van der Waals surface area contributed by atoms with E-state index in [0.29, 0.717) is 17.4 Å². The maximum atomic E-state index is 10.9. The van der Waals surface area contributed by atoms with Crippen molar-refractivity contribution in [2.24, 2.45) is 5.92 Å². The molecule has 0 aliphatic heterocycles. The number of halogens is 1. The number of nitrogens with zero attached hydrogens (tertiary/aromatic N) is 4. The Bertz CT molecular complexity index is 642. The van der Waals surface area contributed by atoms with Gasteiger partial charge in [-0.05, 0) is 41.0 Å². The maximum absolute atomic E-state index is 10.9. The van der Waals surface area contributed by atoms with Crippen LogP contribution in [0.5, 0.6) is 0 Å². The molecule has 0 saturated heterocycles. The molecule has 1 N–H and O–H groups in total. The van der Waals surface area contributed by atoms with Gasteiger partial charge in [-0.2, -0.15) is 0 Å². The molecule has 7 heteroatoms. The Morgan fingerprint density at radius 3 is 2.90 bits per heavy atom. The molecule has 1 unspecified atom stereocenters. The molecule has 0 amide bonds. The molecule has 2 aromatic rings. The molecule has 1 aromatic carbocycles. The van der Waals surface area contributed by atoms with Crippen LogP contribution in [0, 0.1) is 12.8 Å². The Labute approximate surface area is 127 Å². The summed E-state index contributed by atoms with van der Waals surface area (Å²) in [5.41, 5.74) is 1.87. The van der Waals surface area contributed by atoms with Gasteiger partial charge < -0.3 is 5.11 Å². The smallest absolute Gasteiger partial charge is 0.303 e. The fourth-order valence-corrected chi connectivity index (χ4v) is 2.36. The summed E-state index contributed by atoms with van der Waals surface area (Å²) in [5, 5.41) is 21.3. The Hall–Kier alpha value is -1.95. The average Bonchev–Trinajstić information content (AvgIpc) is 2.88. The maximum Gasteiger partial charge on any atom is 0.303 e. The van der Waals surface area contributed by atoms with E-state index in [0.717, 1.165) is 17.5 Å². The van der Waals surface area contributed by atoms with Gasteiger partial charge >= 0.3 is 5.97 Å². The van der Waals surface area contributed by atoms with Crippen LogP contribution < -0.4 is 0 Å². The molecular formula is C14H17ClN4O2. The van der Waals surface area contributed by atoms with Crippen molar-refractivity contribution >= 4 is 17.6 Å². The van der Waals surface area contributed by atoms with Crippen molar-refractivity contribution < 1.29 is 9.90 Å². The third-order valence-corrected chi connectivity index (χ3v) is 3.68. The van der Waals surface area contributed by atoms with Crippen molar-refractivity contribution in [1.29, 1.82) is 0 Å². The van der Waals surface area contributed by atoms with Crippen LogP contribution in [0.15, 0.2) is 18.2 Å². The van der Waals surface area contributed by atoms with Crippen LogP contribution in [0.1, 0.15) is 25.3 Å². The SMILES string of the molecule is CCC(CC(=O)O)Cn1nnnc1-c1cc(Cl)ccc1C. The van der Waals surface area contributed by atoms with Crippen LogP contribution in [0.4, 0.5) is 0 Å². The van der Waals surface area contributed by atoms with Crippen LogP contribution in [0.2, 0.25) is 5.02 Å². The quantitative estimate of drug-likeness (QED) is 0.887. The van der Waals surface area contributed by atoms with Gasteiger partial charge in [0.2, 0.25) is 0 Å². The molecule has 1 heterocycles. The highest BCUT2D eigenvalue weighted by atomic mass is 35.5. The monoisotopic (exact) mass is 308 g/mol. The van der Waals surface area contributed by atoms with Gasteiger partial charge in [0.25, 0.3) is 0 Å². The lowest BCUT2D eigenvalue weighted by Crippen LogP contribution is -2.16. The average molecular weight is 309 g/mol. The molecule has 0 spiro atoms. The Balaban J connectivity index is 2.30. The van der Waals surface area contributed by atoms with Crippen LogP contribution in [0.3, 0.4) is 0 Å². The molecule has 112 valence electrons. The number of carboxylic acids is 1.